The molecule has 1 aliphatic carbocycles. The van der Waals surface area contributed by atoms with Gasteiger partial charge in [-0.15, -0.1) is 0 Å². The standard InChI is InChI=1S/C13H18F2N2O2S/c14-10-5-6-11(15)13(7-10)20(18,19)17-12-4-2-1-3-9(12)8-16/h5-7,9,12,17H,1-4,8,16H2/t9-,12-/m0/s1. The van der Waals surface area contributed by atoms with Crippen molar-refractivity contribution in [1.82, 2.24) is 4.72 Å². The van der Waals surface area contributed by atoms with Gasteiger partial charge in [-0.1, -0.05) is 12.8 Å². The lowest BCUT2D eigenvalue weighted by Gasteiger charge is -2.31. The Balaban J connectivity index is 2.24. The third-order valence-corrected chi connectivity index (χ3v) is 5.21. The van der Waals surface area contributed by atoms with Crippen LogP contribution in [0.1, 0.15) is 25.7 Å². The van der Waals surface area contributed by atoms with E-state index in [4.69, 9.17) is 5.73 Å². The Morgan fingerprint density at radius 2 is 1.95 bits per heavy atom. The third-order valence-electron chi connectivity index (χ3n) is 3.70. The van der Waals surface area contributed by atoms with Crippen LogP contribution in [-0.4, -0.2) is 21.0 Å². The molecule has 0 unspecified atom stereocenters. The summed E-state index contributed by atoms with van der Waals surface area (Å²) in [6.45, 7) is 0.374. The molecule has 7 heteroatoms. The van der Waals surface area contributed by atoms with Crippen molar-refractivity contribution in [3.63, 3.8) is 0 Å². The molecule has 0 spiro atoms. The molecule has 112 valence electrons. The molecular weight excluding hydrogens is 286 g/mol. The van der Waals surface area contributed by atoms with E-state index in [9.17, 15) is 17.2 Å². The van der Waals surface area contributed by atoms with Crippen LogP contribution < -0.4 is 10.5 Å². The van der Waals surface area contributed by atoms with Gasteiger partial charge < -0.3 is 5.73 Å². The minimum absolute atomic E-state index is 0.0372. The molecule has 1 fully saturated rings. The average molecular weight is 304 g/mol. The van der Waals surface area contributed by atoms with Crippen LogP contribution >= 0.6 is 0 Å². The van der Waals surface area contributed by atoms with Crippen molar-refractivity contribution in [2.24, 2.45) is 11.7 Å². The molecule has 0 radical (unpaired) electrons. The van der Waals surface area contributed by atoms with Crippen LogP contribution in [0, 0.1) is 17.6 Å². The van der Waals surface area contributed by atoms with E-state index in [0.717, 1.165) is 31.4 Å². The summed E-state index contributed by atoms with van der Waals surface area (Å²) in [5.41, 5.74) is 5.64. The summed E-state index contributed by atoms with van der Waals surface area (Å²) in [7, 11) is -4.08. The minimum Gasteiger partial charge on any atom is -0.330 e. The predicted octanol–water partition coefficient (Wildman–Crippen LogP) is 1.76. The molecule has 1 aromatic carbocycles. The molecule has 4 nitrogen and oxygen atoms in total. The van der Waals surface area contributed by atoms with Crippen molar-refractivity contribution in [2.45, 2.75) is 36.6 Å². The molecule has 1 saturated carbocycles. The Hall–Kier alpha value is -1.05. The number of sulfonamides is 1. The van der Waals surface area contributed by atoms with Gasteiger partial charge in [-0.25, -0.2) is 21.9 Å². The van der Waals surface area contributed by atoms with E-state index in [0.29, 0.717) is 19.0 Å². The smallest absolute Gasteiger partial charge is 0.243 e. The maximum Gasteiger partial charge on any atom is 0.243 e. The SMILES string of the molecule is NC[C@@H]1CCCC[C@@H]1NS(=O)(=O)c1cc(F)ccc1F. The Kier molecular flexibility index (Phi) is 4.72. The molecule has 3 N–H and O–H groups in total. The van der Waals surface area contributed by atoms with Crippen molar-refractivity contribution >= 4 is 10.0 Å². The summed E-state index contributed by atoms with van der Waals surface area (Å²) in [6.07, 6.45) is 3.41. The van der Waals surface area contributed by atoms with Gasteiger partial charge in [-0.2, -0.15) is 0 Å². The first kappa shape index (κ1) is 15.3. The lowest BCUT2D eigenvalue weighted by Crippen LogP contribution is -2.44. The fraction of sp³-hybridized carbons (Fsp3) is 0.538. The number of benzene rings is 1. The van der Waals surface area contributed by atoms with Gasteiger partial charge >= 0.3 is 0 Å². The Morgan fingerprint density at radius 1 is 1.25 bits per heavy atom. The molecule has 0 aliphatic heterocycles. The highest BCUT2D eigenvalue weighted by atomic mass is 32.2. The molecule has 1 aromatic rings. The number of rotatable bonds is 4. The van der Waals surface area contributed by atoms with Gasteiger partial charge in [0.25, 0.3) is 0 Å². The maximum atomic E-state index is 13.6. The molecule has 0 bridgehead atoms. The maximum absolute atomic E-state index is 13.6. The van der Waals surface area contributed by atoms with Crippen molar-refractivity contribution in [2.75, 3.05) is 6.54 Å². The van der Waals surface area contributed by atoms with Crippen LogP contribution in [0.4, 0.5) is 8.78 Å². The average Bonchev–Trinajstić information content (AvgIpc) is 2.41. The van der Waals surface area contributed by atoms with Crippen LogP contribution in [0.15, 0.2) is 23.1 Å². The zero-order valence-electron chi connectivity index (χ0n) is 11.0. The van der Waals surface area contributed by atoms with Crippen LogP contribution in [0.5, 0.6) is 0 Å². The largest absolute Gasteiger partial charge is 0.330 e. The molecular formula is C13H18F2N2O2S. The summed E-state index contributed by atoms with van der Waals surface area (Å²) in [5.74, 6) is -1.71. The first-order valence-corrected chi connectivity index (χ1v) is 8.10. The van der Waals surface area contributed by atoms with Gasteiger partial charge in [-0.05, 0) is 43.5 Å². The number of halogens is 2. The minimum atomic E-state index is -4.08. The number of nitrogens with one attached hydrogen (secondary N) is 1. The highest BCUT2D eigenvalue weighted by molar-refractivity contribution is 7.89. The molecule has 0 heterocycles. The van der Waals surface area contributed by atoms with E-state index >= 15 is 0 Å². The second-order valence-electron chi connectivity index (χ2n) is 5.08. The van der Waals surface area contributed by atoms with Gasteiger partial charge in [0.1, 0.15) is 16.5 Å². The van der Waals surface area contributed by atoms with Crippen molar-refractivity contribution in [1.29, 1.82) is 0 Å². The number of hydrogen-bond acceptors (Lipinski definition) is 3. The molecule has 0 amide bonds. The van der Waals surface area contributed by atoms with Crippen molar-refractivity contribution in [3.8, 4) is 0 Å². The quantitative estimate of drug-likeness (QED) is 0.890. The normalized spacial score (nSPS) is 23.8. The van der Waals surface area contributed by atoms with Gasteiger partial charge in [0.05, 0.1) is 0 Å². The Morgan fingerprint density at radius 3 is 2.65 bits per heavy atom. The van der Waals surface area contributed by atoms with Gasteiger partial charge in [0, 0.05) is 6.04 Å². The molecule has 2 atom stereocenters. The molecule has 0 saturated heterocycles. The number of nitrogens with two attached hydrogens (primary N) is 1. The highest BCUT2D eigenvalue weighted by Crippen LogP contribution is 2.25. The van der Waals surface area contributed by atoms with Crippen LogP contribution in [0.2, 0.25) is 0 Å². The predicted molar refractivity (Wildman–Crippen MR) is 71.5 cm³/mol. The van der Waals surface area contributed by atoms with Crippen LogP contribution in [0.3, 0.4) is 0 Å². The van der Waals surface area contributed by atoms with Crippen LogP contribution in [0.25, 0.3) is 0 Å². The van der Waals surface area contributed by atoms with Gasteiger partial charge in [-0.3, -0.25) is 0 Å². The summed E-state index contributed by atoms with van der Waals surface area (Å²) < 4.78 is 53.5. The number of hydrogen-bond donors (Lipinski definition) is 2. The van der Waals surface area contributed by atoms with Crippen LogP contribution in [-0.2, 0) is 10.0 Å². The lowest BCUT2D eigenvalue weighted by atomic mass is 9.85. The van der Waals surface area contributed by atoms with Crippen molar-refractivity contribution < 1.29 is 17.2 Å². The monoisotopic (exact) mass is 304 g/mol. The van der Waals surface area contributed by atoms with E-state index in [-0.39, 0.29) is 12.0 Å². The van der Waals surface area contributed by atoms with Gasteiger partial charge in [0.2, 0.25) is 10.0 Å². The zero-order chi connectivity index (χ0) is 14.8. The Bertz CT molecular complexity index is 578. The second kappa shape index (κ2) is 6.15. The fourth-order valence-electron chi connectivity index (χ4n) is 2.59. The molecule has 1 aliphatic rings. The zero-order valence-corrected chi connectivity index (χ0v) is 11.8. The second-order valence-corrected chi connectivity index (χ2v) is 6.77. The molecule has 20 heavy (non-hydrogen) atoms. The summed E-state index contributed by atoms with van der Waals surface area (Å²) >= 11 is 0. The van der Waals surface area contributed by atoms with Gasteiger partial charge in [0.15, 0.2) is 0 Å². The summed E-state index contributed by atoms with van der Waals surface area (Å²) in [6, 6.07) is 2.07. The summed E-state index contributed by atoms with van der Waals surface area (Å²) in [5, 5.41) is 0. The van der Waals surface area contributed by atoms with E-state index in [1.54, 1.807) is 0 Å². The molecule has 2 rings (SSSR count). The first-order chi connectivity index (χ1) is 9.44. The van der Waals surface area contributed by atoms with E-state index in [1.165, 1.54) is 0 Å². The lowest BCUT2D eigenvalue weighted by molar-refractivity contribution is 0.296. The van der Waals surface area contributed by atoms with E-state index in [1.807, 2.05) is 0 Å². The Labute approximate surface area is 117 Å². The van der Waals surface area contributed by atoms with E-state index in [2.05, 4.69) is 4.72 Å². The third kappa shape index (κ3) is 3.34. The fourth-order valence-corrected chi connectivity index (χ4v) is 4.02. The van der Waals surface area contributed by atoms with Crippen molar-refractivity contribution in [3.05, 3.63) is 29.8 Å². The summed E-state index contributed by atoms with van der Waals surface area (Å²) in [4.78, 5) is -0.654. The topological polar surface area (TPSA) is 72.2 Å². The van der Waals surface area contributed by atoms with E-state index < -0.39 is 26.6 Å². The first-order valence-electron chi connectivity index (χ1n) is 6.61. The molecule has 0 aromatic heterocycles. The highest BCUT2D eigenvalue weighted by Gasteiger charge is 2.30.